The number of rotatable bonds is 2. The zero-order valence-electron chi connectivity index (χ0n) is 11.9. The van der Waals surface area contributed by atoms with Crippen molar-refractivity contribution < 1.29 is 4.84 Å². The fourth-order valence-corrected chi connectivity index (χ4v) is 3.50. The fraction of sp³-hybridized carbons (Fsp3) is 0.857. The smallest absolute Gasteiger partial charge is 0.0611 e. The molecule has 0 aromatic rings. The first kappa shape index (κ1) is 12.9. The van der Waals surface area contributed by atoms with Crippen LogP contribution in [0.5, 0.6) is 0 Å². The molecule has 0 bridgehead atoms. The first-order valence-corrected chi connectivity index (χ1v) is 6.68. The van der Waals surface area contributed by atoms with Crippen molar-refractivity contribution in [1.29, 1.82) is 0 Å². The maximum absolute atomic E-state index is 5.60. The van der Waals surface area contributed by atoms with Gasteiger partial charge >= 0.3 is 0 Å². The van der Waals surface area contributed by atoms with E-state index in [-0.39, 0.29) is 11.1 Å². The van der Waals surface area contributed by atoms with Crippen LogP contribution < -0.4 is 0 Å². The normalized spacial score (nSPS) is 28.3. The van der Waals surface area contributed by atoms with Crippen LogP contribution >= 0.6 is 0 Å². The molecule has 0 saturated carbocycles. The Morgan fingerprint density at radius 2 is 1.71 bits per heavy atom. The van der Waals surface area contributed by atoms with E-state index in [9.17, 15) is 0 Å². The molecule has 17 heavy (non-hydrogen) atoms. The van der Waals surface area contributed by atoms with Gasteiger partial charge in [-0.2, -0.15) is 5.06 Å². The SMILES string of the molecule is CON1C(C)(C)C=C(N2CCCC2)CC1(C)C. The Balaban J connectivity index is 2.27. The number of hydrogen-bond acceptors (Lipinski definition) is 3. The topological polar surface area (TPSA) is 15.7 Å². The van der Waals surface area contributed by atoms with Crippen LogP contribution in [0.4, 0.5) is 0 Å². The van der Waals surface area contributed by atoms with Gasteiger partial charge in [-0.3, -0.25) is 0 Å². The van der Waals surface area contributed by atoms with Crippen LogP contribution in [-0.4, -0.2) is 41.2 Å². The van der Waals surface area contributed by atoms with Gasteiger partial charge in [0.2, 0.25) is 0 Å². The second-order valence-corrected chi connectivity index (χ2v) is 6.45. The van der Waals surface area contributed by atoms with Gasteiger partial charge in [-0.25, -0.2) is 0 Å². The zero-order chi connectivity index (χ0) is 12.7. The molecule has 1 fully saturated rings. The van der Waals surface area contributed by atoms with Crippen molar-refractivity contribution in [3.63, 3.8) is 0 Å². The van der Waals surface area contributed by atoms with Gasteiger partial charge in [0.05, 0.1) is 12.6 Å². The van der Waals surface area contributed by atoms with E-state index in [4.69, 9.17) is 4.84 Å². The first-order chi connectivity index (χ1) is 7.87. The Morgan fingerprint density at radius 3 is 2.18 bits per heavy atom. The van der Waals surface area contributed by atoms with Gasteiger partial charge in [-0.1, -0.05) is 0 Å². The highest BCUT2D eigenvalue weighted by atomic mass is 16.7. The predicted octanol–water partition coefficient (Wildman–Crippen LogP) is 2.79. The highest BCUT2D eigenvalue weighted by Crippen LogP contribution is 2.38. The Morgan fingerprint density at radius 1 is 1.12 bits per heavy atom. The van der Waals surface area contributed by atoms with Crippen molar-refractivity contribution in [2.75, 3.05) is 20.2 Å². The van der Waals surface area contributed by atoms with E-state index in [1.54, 1.807) is 7.11 Å². The molecule has 0 aromatic heterocycles. The zero-order valence-corrected chi connectivity index (χ0v) is 11.9. The molecule has 98 valence electrons. The summed E-state index contributed by atoms with van der Waals surface area (Å²) < 4.78 is 0. The summed E-state index contributed by atoms with van der Waals surface area (Å²) in [5.41, 5.74) is 1.53. The molecular formula is C14H26N2O. The lowest BCUT2D eigenvalue weighted by molar-refractivity contribution is -0.240. The Kier molecular flexibility index (Phi) is 3.25. The second kappa shape index (κ2) is 4.29. The molecular weight excluding hydrogens is 212 g/mol. The van der Waals surface area contributed by atoms with Crippen molar-refractivity contribution in [1.82, 2.24) is 9.96 Å². The lowest BCUT2D eigenvalue weighted by Crippen LogP contribution is -2.57. The molecule has 0 aliphatic carbocycles. The van der Waals surface area contributed by atoms with Gasteiger partial charge in [0.15, 0.2) is 0 Å². The quantitative estimate of drug-likeness (QED) is 0.735. The summed E-state index contributed by atoms with van der Waals surface area (Å²) in [5.74, 6) is 0. The monoisotopic (exact) mass is 238 g/mol. The number of hydrogen-bond donors (Lipinski definition) is 0. The average Bonchev–Trinajstić information content (AvgIpc) is 2.66. The van der Waals surface area contributed by atoms with Gasteiger partial charge in [0, 0.05) is 30.7 Å². The highest BCUT2D eigenvalue weighted by Gasteiger charge is 2.43. The minimum absolute atomic E-state index is 0.0333. The largest absolute Gasteiger partial charge is 0.375 e. The summed E-state index contributed by atoms with van der Waals surface area (Å²) in [6.07, 6.45) is 6.13. The third kappa shape index (κ3) is 2.36. The molecule has 3 nitrogen and oxygen atoms in total. The summed E-state index contributed by atoms with van der Waals surface area (Å²) in [6, 6.07) is 0. The van der Waals surface area contributed by atoms with Crippen LogP contribution in [0.25, 0.3) is 0 Å². The standard InChI is InChI=1S/C14H26N2O/c1-13(2)10-12(15-8-6-7-9-15)11-14(3,4)16(13)17-5/h10H,6-9,11H2,1-5H3. The van der Waals surface area contributed by atoms with Gasteiger partial charge < -0.3 is 9.74 Å². The summed E-state index contributed by atoms with van der Waals surface area (Å²) >= 11 is 0. The predicted molar refractivity (Wildman–Crippen MR) is 70.5 cm³/mol. The molecule has 2 aliphatic rings. The molecule has 1 saturated heterocycles. The van der Waals surface area contributed by atoms with E-state index in [1.165, 1.54) is 31.6 Å². The molecule has 2 rings (SSSR count). The summed E-state index contributed by atoms with van der Waals surface area (Å²) in [5, 5.41) is 2.12. The van der Waals surface area contributed by atoms with Crippen LogP contribution in [0.15, 0.2) is 11.8 Å². The van der Waals surface area contributed by atoms with Gasteiger partial charge in [-0.05, 0) is 46.6 Å². The number of nitrogens with zero attached hydrogens (tertiary/aromatic N) is 2. The molecule has 0 aromatic carbocycles. The van der Waals surface area contributed by atoms with Gasteiger partial charge in [0.1, 0.15) is 0 Å². The van der Waals surface area contributed by atoms with E-state index >= 15 is 0 Å². The van der Waals surface area contributed by atoms with E-state index in [2.05, 4.69) is 43.7 Å². The first-order valence-electron chi connectivity index (χ1n) is 6.68. The van der Waals surface area contributed by atoms with Crippen molar-refractivity contribution in [2.24, 2.45) is 0 Å². The Labute approximate surface area is 105 Å². The molecule has 0 spiro atoms. The number of likely N-dealkylation sites (tertiary alicyclic amines) is 1. The number of hydroxylamine groups is 2. The molecule has 0 atom stereocenters. The van der Waals surface area contributed by atoms with Gasteiger partial charge in [-0.15, -0.1) is 0 Å². The minimum Gasteiger partial charge on any atom is -0.375 e. The summed E-state index contributed by atoms with van der Waals surface area (Å²) in [7, 11) is 1.78. The van der Waals surface area contributed by atoms with Crippen LogP contribution in [0.1, 0.15) is 47.0 Å². The maximum Gasteiger partial charge on any atom is 0.0611 e. The lowest BCUT2D eigenvalue weighted by atomic mass is 9.85. The fourth-order valence-electron chi connectivity index (χ4n) is 3.50. The van der Waals surface area contributed by atoms with Crippen LogP contribution in [0, 0.1) is 0 Å². The van der Waals surface area contributed by atoms with Gasteiger partial charge in [0.25, 0.3) is 0 Å². The molecule has 2 aliphatic heterocycles. The van der Waals surface area contributed by atoms with Crippen molar-refractivity contribution >= 4 is 0 Å². The minimum atomic E-state index is -0.0333. The maximum atomic E-state index is 5.60. The lowest BCUT2D eigenvalue weighted by Gasteiger charge is -2.50. The van der Waals surface area contributed by atoms with E-state index < -0.39 is 0 Å². The molecule has 2 heterocycles. The van der Waals surface area contributed by atoms with Crippen molar-refractivity contribution in [3.05, 3.63) is 11.8 Å². The summed E-state index contributed by atoms with van der Waals surface area (Å²) in [4.78, 5) is 8.15. The third-order valence-corrected chi connectivity index (χ3v) is 3.90. The van der Waals surface area contributed by atoms with Crippen LogP contribution in [0.3, 0.4) is 0 Å². The summed E-state index contributed by atoms with van der Waals surface area (Å²) in [6.45, 7) is 11.4. The highest BCUT2D eigenvalue weighted by molar-refractivity contribution is 5.20. The van der Waals surface area contributed by atoms with Crippen LogP contribution in [0.2, 0.25) is 0 Å². The van der Waals surface area contributed by atoms with E-state index in [0.29, 0.717) is 0 Å². The van der Waals surface area contributed by atoms with E-state index in [0.717, 1.165) is 6.42 Å². The van der Waals surface area contributed by atoms with Crippen LogP contribution in [-0.2, 0) is 4.84 Å². The van der Waals surface area contributed by atoms with Crippen molar-refractivity contribution in [2.45, 2.75) is 58.0 Å². The molecule has 0 unspecified atom stereocenters. The second-order valence-electron chi connectivity index (χ2n) is 6.45. The molecule has 0 radical (unpaired) electrons. The third-order valence-electron chi connectivity index (χ3n) is 3.90. The molecule has 0 N–H and O–H groups in total. The molecule has 3 heteroatoms. The average molecular weight is 238 g/mol. The Bertz CT molecular complexity index is 314. The Hall–Kier alpha value is -0.540. The molecule has 0 amide bonds. The van der Waals surface area contributed by atoms with E-state index in [1.807, 2.05) is 0 Å². The van der Waals surface area contributed by atoms with Crippen molar-refractivity contribution in [3.8, 4) is 0 Å².